The lowest BCUT2D eigenvalue weighted by Crippen LogP contribution is -2.34. The van der Waals surface area contributed by atoms with Gasteiger partial charge in [0.2, 0.25) is 0 Å². The SMILES string of the molecule is CCCCCCCCS[C@@H](CNCc1ccccc1)[C@H](Cc1ccccc1)SCCCCCCCC. The second-order valence-corrected chi connectivity index (χ2v) is 12.9. The molecule has 0 aliphatic heterocycles. The minimum absolute atomic E-state index is 0.648. The highest BCUT2D eigenvalue weighted by atomic mass is 32.2. The Hall–Kier alpha value is -0.900. The molecule has 2 rings (SSSR count). The summed E-state index contributed by atoms with van der Waals surface area (Å²) in [7, 11) is 0. The van der Waals surface area contributed by atoms with Gasteiger partial charge in [-0.25, -0.2) is 0 Å². The summed E-state index contributed by atoms with van der Waals surface area (Å²) in [4.78, 5) is 0. The number of benzene rings is 2. The summed E-state index contributed by atoms with van der Waals surface area (Å²) < 4.78 is 0. The Kier molecular flexibility index (Phi) is 19.2. The van der Waals surface area contributed by atoms with E-state index >= 15 is 0 Å². The summed E-state index contributed by atoms with van der Waals surface area (Å²) >= 11 is 4.49. The lowest BCUT2D eigenvalue weighted by atomic mass is 10.1. The first kappa shape index (κ1) is 31.3. The number of unbranched alkanes of at least 4 members (excludes halogenated alkanes) is 10. The molecule has 1 nitrogen and oxygen atoms in total. The largest absolute Gasteiger partial charge is 0.312 e. The van der Waals surface area contributed by atoms with Crippen LogP contribution in [-0.2, 0) is 13.0 Å². The van der Waals surface area contributed by atoms with E-state index in [1.165, 1.54) is 106 Å². The Morgan fingerprint density at radius 3 is 1.58 bits per heavy atom. The quantitative estimate of drug-likeness (QED) is 0.144. The van der Waals surface area contributed by atoms with Crippen LogP contribution in [0.2, 0.25) is 0 Å². The summed E-state index contributed by atoms with van der Waals surface area (Å²) in [6.07, 6.45) is 17.8. The molecule has 2 atom stereocenters. The van der Waals surface area contributed by atoms with Gasteiger partial charge in [0.25, 0.3) is 0 Å². The van der Waals surface area contributed by atoms with Crippen LogP contribution in [0.15, 0.2) is 60.7 Å². The molecular weight excluding hydrogens is 475 g/mol. The van der Waals surface area contributed by atoms with Crippen molar-refractivity contribution in [3.63, 3.8) is 0 Å². The van der Waals surface area contributed by atoms with Gasteiger partial charge >= 0.3 is 0 Å². The van der Waals surface area contributed by atoms with Gasteiger partial charge in [-0.1, -0.05) is 139 Å². The Balaban J connectivity index is 1.93. The first-order chi connectivity index (χ1) is 17.8. The van der Waals surface area contributed by atoms with Crippen LogP contribution in [0, 0.1) is 0 Å². The minimum Gasteiger partial charge on any atom is -0.312 e. The molecule has 0 amide bonds. The van der Waals surface area contributed by atoms with Crippen molar-refractivity contribution >= 4 is 23.5 Å². The molecule has 36 heavy (non-hydrogen) atoms. The molecule has 3 heteroatoms. The maximum atomic E-state index is 3.83. The van der Waals surface area contributed by atoms with Crippen LogP contribution in [-0.4, -0.2) is 28.6 Å². The highest BCUT2D eigenvalue weighted by molar-refractivity contribution is 8.03. The second-order valence-electron chi connectivity index (χ2n) is 10.2. The van der Waals surface area contributed by atoms with Crippen molar-refractivity contribution in [2.75, 3.05) is 18.1 Å². The van der Waals surface area contributed by atoms with E-state index in [2.05, 4.69) is 103 Å². The fourth-order valence-corrected chi connectivity index (χ4v) is 7.62. The molecule has 0 aromatic heterocycles. The zero-order valence-electron chi connectivity index (χ0n) is 23.3. The molecule has 0 saturated heterocycles. The molecular formula is C33H53NS2. The molecule has 0 bridgehead atoms. The highest BCUT2D eigenvalue weighted by Crippen LogP contribution is 2.30. The molecule has 0 spiro atoms. The van der Waals surface area contributed by atoms with E-state index in [0.717, 1.165) is 13.1 Å². The van der Waals surface area contributed by atoms with E-state index in [9.17, 15) is 0 Å². The van der Waals surface area contributed by atoms with E-state index in [1.54, 1.807) is 0 Å². The first-order valence-corrected chi connectivity index (χ1v) is 16.9. The van der Waals surface area contributed by atoms with Crippen LogP contribution >= 0.6 is 23.5 Å². The predicted octanol–water partition coefficient (Wildman–Crippen LogP) is 9.94. The smallest absolute Gasteiger partial charge is 0.0294 e. The first-order valence-electron chi connectivity index (χ1n) is 14.8. The fourth-order valence-electron chi connectivity index (χ4n) is 4.63. The van der Waals surface area contributed by atoms with Crippen molar-refractivity contribution in [1.82, 2.24) is 5.32 Å². The van der Waals surface area contributed by atoms with Gasteiger partial charge in [-0.3, -0.25) is 0 Å². The van der Waals surface area contributed by atoms with Gasteiger partial charge in [-0.15, -0.1) is 0 Å². The standard InChI is InChI=1S/C33H53NS2/c1-3-5-7-9-11-19-25-35-32(27-30-21-15-13-16-22-30)33(36-26-20-12-10-8-6-4-2)29-34-28-31-23-17-14-18-24-31/h13-18,21-24,32-34H,3-12,19-20,25-29H2,1-2H3/t32-,33-/m0/s1. The second kappa shape index (κ2) is 22.1. The Morgan fingerprint density at radius 1 is 0.556 bits per heavy atom. The summed E-state index contributed by atoms with van der Waals surface area (Å²) in [5.41, 5.74) is 2.88. The molecule has 0 heterocycles. The van der Waals surface area contributed by atoms with Gasteiger partial charge in [0, 0.05) is 23.6 Å². The molecule has 2 aromatic carbocycles. The molecule has 1 N–H and O–H groups in total. The third-order valence-corrected chi connectivity index (χ3v) is 9.94. The van der Waals surface area contributed by atoms with Gasteiger partial charge < -0.3 is 5.32 Å². The van der Waals surface area contributed by atoms with Crippen LogP contribution in [0.1, 0.15) is 102 Å². The monoisotopic (exact) mass is 527 g/mol. The molecule has 0 aliphatic carbocycles. The van der Waals surface area contributed by atoms with Gasteiger partial charge in [0.05, 0.1) is 0 Å². The lowest BCUT2D eigenvalue weighted by Gasteiger charge is -2.27. The summed E-state index contributed by atoms with van der Waals surface area (Å²) in [5.74, 6) is 2.60. The molecule has 202 valence electrons. The molecule has 0 saturated carbocycles. The van der Waals surface area contributed by atoms with Crippen molar-refractivity contribution in [1.29, 1.82) is 0 Å². The number of nitrogens with one attached hydrogen (secondary N) is 1. The third-order valence-electron chi connectivity index (χ3n) is 6.87. The van der Waals surface area contributed by atoms with Gasteiger partial charge in [0.1, 0.15) is 0 Å². The van der Waals surface area contributed by atoms with Crippen LogP contribution in [0.4, 0.5) is 0 Å². The highest BCUT2D eigenvalue weighted by Gasteiger charge is 2.22. The molecule has 2 aromatic rings. The van der Waals surface area contributed by atoms with Gasteiger partial charge in [0.15, 0.2) is 0 Å². The summed E-state index contributed by atoms with van der Waals surface area (Å²) in [6.45, 7) is 6.67. The topological polar surface area (TPSA) is 12.0 Å². The van der Waals surface area contributed by atoms with Crippen molar-refractivity contribution in [3.05, 3.63) is 71.8 Å². The molecule has 0 radical (unpaired) electrons. The Labute approximate surface area is 232 Å². The summed E-state index contributed by atoms with van der Waals surface area (Å²) in [5, 5.41) is 5.14. The maximum Gasteiger partial charge on any atom is 0.0294 e. The molecule has 0 aliphatic rings. The van der Waals surface area contributed by atoms with Crippen LogP contribution in [0.25, 0.3) is 0 Å². The average Bonchev–Trinajstić information content (AvgIpc) is 2.91. The van der Waals surface area contributed by atoms with Crippen molar-refractivity contribution in [3.8, 4) is 0 Å². The lowest BCUT2D eigenvalue weighted by molar-refractivity contribution is 0.621. The summed E-state index contributed by atoms with van der Waals surface area (Å²) in [6, 6.07) is 22.1. The number of rotatable bonds is 23. The molecule has 0 unspecified atom stereocenters. The van der Waals surface area contributed by atoms with Crippen LogP contribution < -0.4 is 5.32 Å². The van der Waals surface area contributed by atoms with Crippen LogP contribution in [0.5, 0.6) is 0 Å². The van der Waals surface area contributed by atoms with Crippen molar-refractivity contribution in [2.24, 2.45) is 0 Å². The Bertz CT molecular complexity index is 721. The van der Waals surface area contributed by atoms with Crippen LogP contribution in [0.3, 0.4) is 0 Å². The number of hydrogen-bond acceptors (Lipinski definition) is 3. The normalized spacial score (nSPS) is 13.1. The Morgan fingerprint density at radius 2 is 1.03 bits per heavy atom. The molecule has 0 fully saturated rings. The fraction of sp³-hybridized carbons (Fsp3) is 0.636. The van der Waals surface area contributed by atoms with E-state index in [4.69, 9.17) is 0 Å². The number of hydrogen-bond donors (Lipinski definition) is 1. The number of thioether (sulfide) groups is 2. The van der Waals surface area contributed by atoms with Crippen molar-refractivity contribution < 1.29 is 0 Å². The third kappa shape index (κ3) is 15.4. The van der Waals surface area contributed by atoms with E-state index in [1.807, 2.05) is 0 Å². The van der Waals surface area contributed by atoms with E-state index < -0.39 is 0 Å². The van der Waals surface area contributed by atoms with E-state index in [-0.39, 0.29) is 0 Å². The average molecular weight is 528 g/mol. The van der Waals surface area contributed by atoms with Crippen molar-refractivity contribution in [2.45, 2.75) is 114 Å². The maximum absolute atomic E-state index is 3.83. The van der Waals surface area contributed by atoms with Gasteiger partial charge in [-0.05, 0) is 41.9 Å². The minimum atomic E-state index is 0.648. The van der Waals surface area contributed by atoms with Gasteiger partial charge in [-0.2, -0.15) is 23.5 Å². The zero-order valence-corrected chi connectivity index (χ0v) is 24.9. The predicted molar refractivity (Wildman–Crippen MR) is 168 cm³/mol. The van der Waals surface area contributed by atoms with E-state index in [0.29, 0.717) is 10.5 Å². The zero-order chi connectivity index (χ0) is 25.5.